The second-order valence-corrected chi connectivity index (χ2v) is 3.48. The normalized spacial score (nSPS) is 12.7. The molecule has 0 aliphatic carbocycles. The van der Waals surface area contributed by atoms with Crippen LogP contribution in [0.25, 0.3) is 0 Å². The molecule has 0 N–H and O–H groups in total. The third kappa shape index (κ3) is 6.78. The van der Waals surface area contributed by atoms with E-state index < -0.39 is 0 Å². The van der Waals surface area contributed by atoms with Gasteiger partial charge in [0.2, 0.25) is 0 Å². The molecule has 0 saturated carbocycles. The van der Waals surface area contributed by atoms with Gasteiger partial charge in [-0.1, -0.05) is 6.92 Å². The molecule has 0 heterocycles. The molecule has 94 valence electrons. The fraction of sp³-hybridized carbons (Fsp3) is 0.917. The molecule has 1 unspecified atom stereocenters. The quantitative estimate of drug-likeness (QED) is 0.533. The molecule has 0 saturated heterocycles. The van der Waals surface area contributed by atoms with Crippen molar-refractivity contribution in [2.45, 2.75) is 33.2 Å². The zero-order chi connectivity index (χ0) is 12.2. The number of nitriles is 1. The minimum absolute atomic E-state index is 0.0269. The van der Waals surface area contributed by atoms with Crippen LogP contribution in [0.1, 0.15) is 27.2 Å². The third-order valence-corrected chi connectivity index (χ3v) is 2.43. The lowest BCUT2D eigenvalue weighted by Crippen LogP contribution is -2.39. The van der Waals surface area contributed by atoms with Crippen LogP contribution in [0.4, 0.5) is 0 Å². The van der Waals surface area contributed by atoms with Crippen molar-refractivity contribution in [3.63, 3.8) is 0 Å². The smallest absolute Gasteiger partial charge is 0.0976 e. The number of ether oxygens (including phenoxy) is 2. The van der Waals surface area contributed by atoms with Crippen molar-refractivity contribution in [1.29, 1.82) is 5.26 Å². The van der Waals surface area contributed by atoms with Gasteiger partial charge in [-0.25, -0.2) is 0 Å². The van der Waals surface area contributed by atoms with E-state index in [0.29, 0.717) is 13.2 Å². The Hall–Kier alpha value is -0.630. The second-order valence-electron chi connectivity index (χ2n) is 3.48. The van der Waals surface area contributed by atoms with Gasteiger partial charge in [-0.3, -0.25) is 4.90 Å². The lowest BCUT2D eigenvalue weighted by atomic mass is 10.2. The molecule has 1 atom stereocenters. The van der Waals surface area contributed by atoms with E-state index in [4.69, 9.17) is 14.7 Å². The Kier molecular flexibility index (Phi) is 10.4. The molecule has 4 heteroatoms. The number of hydrogen-bond acceptors (Lipinski definition) is 4. The third-order valence-electron chi connectivity index (χ3n) is 2.43. The van der Waals surface area contributed by atoms with Crippen LogP contribution in [-0.4, -0.2) is 50.5 Å². The minimum Gasteiger partial charge on any atom is -0.380 e. The molecule has 16 heavy (non-hydrogen) atoms. The van der Waals surface area contributed by atoms with Gasteiger partial charge in [0.1, 0.15) is 0 Å². The topological polar surface area (TPSA) is 45.5 Å². The Labute approximate surface area is 99.1 Å². The first-order valence-corrected chi connectivity index (χ1v) is 6.09. The van der Waals surface area contributed by atoms with Crippen LogP contribution >= 0.6 is 0 Å². The summed E-state index contributed by atoms with van der Waals surface area (Å²) in [7, 11) is 0. The Morgan fingerprint density at radius 3 is 1.88 bits per heavy atom. The average Bonchev–Trinajstić information content (AvgIpc) is 2.30. The van der Waals surface area contributed by atoms with E-state index in [9.17, 15) is 0 Å². The van der Waals surface area contributed by atoms with Crippen molar-refractivity contribution in [3.8, 4) is 6.07 Å². The lowest BCUT2D eigenvalue weighted by molar-refractivity contribution is 0.0722. The highest BCUT2D eigenvalue weighted by Crippen LogP contribution is 2.03. The summed E-state index contributed by atoms with van der Waals surface area (Å²) in [4.78, 5) is 2.13. The largest absolute Gasteiger partial charge is 0.380 e. The number of hydrogen-bond donors (Lipinski definition) is 0. The van der Waals surface area contributed by atoms with E-state index in [1.807, 2.05) is 20.8 Å². The molecule has 0 aromatic rings. The molecule has 0 rings (SSSR count). The molecule has 4 nitrogen and oxygen atoms in total. The summed E-state index contributed by atoms with van der Waals surface area (Å²) in [5, 5.41) is 9.04. The van der Waals surface area contributed by atoms with Crippen molar-refractivity contribution in [1.82, 2.24) is 4.90 Å². The molecule has 0 aromatic carbocycles. The molecule has 0 amide bonds. The number of nitrogens with zero attached hydrogens (tertiary/aromatic N) is 2. The summed E-state index contributed by atoms with van der Waals surface area (Å²) in [6.45, 7) is 10.4. The van der Waals surface area contributed by atoms with Gasteiger partial charge < -0.3 is 9.47 Å². The highest BCUT2D eigenvalue weighted by molar-refractivity contribution is 4.90. The average molecular weight is 228 g/mol. The Balaban J connectivity index is 3.99. The molecule has 0 spiro atoms. The van der Waals surface area contributed by atoms with Gasteiger partial charge in [0.15, 0.2) is 0 Å². The van der Waals surface area contributed by atoms with Gasteiger partial charge in [-0.2, -0.15) is 5.26 Å². The minimum atomic E-state index is -0.0269. The monoisotopic (exact) mass is 228 g/mol. The molecule has 0 radical (unpaired) electrons. The number of rotatable bonds is 10. The summed E-state index contributed by atoms with van der Waals surface area (Å²) >= 11 is 0. The van der Waals surface area contributed by atoms with E-state index in [1.54, 1.807) is 0 Å². The molecule has 0 aromatic heterocycles. The van der Waals surface area contributed by atoms with Crippen LogP contribution in [0.15, 0.2) is 0 Å². The Morgan fingerprint density at radius 1 is 1.06 bits per heavy atom. The van der Waals surface area contributed by atoms with Crippen LogP contribution in [0, 0.1) is 11.3 Å². The van der Waals surface area contributed by atoms with Crippen LogP contribution in [-0.2, 0) is 9.47 Å². The summed E-state index contributed by atoms with van der Waals surface area (Å²) in [6, 6.07) is 2.29. The van der Waals surface area contributed by atoms with Gasteiger partial charge in [-0.15, -0.1) is 0 Å². The first-order chi connectivity index (χ1) is 7.79. The highest BCUT2D eigenvalue weighted by Gasteiger charge is 2.15. The van der Waals surface area contributed by atoms with E-state index >= 15 is 0 Å². The van der Waals surface area contributed by atoms with Crippen molar-refractivity contribution < 1.29 is 9.47 Å². The first-order valence-electron chi connectivity index (χ1n) is 6.09. The Morgan fingerprint density at radius 2 is 1.56 bits per heavy atom. The van der Waals surface area contributed by atoms with Crippen molar-refractivity contribution >= 4 is 0 Å². The van der Waals surface area contributed by atoms with Crippen molar-refractivity contribution in [2.75, 3.05) is 39.5 Å². The van der Waals surface area contributed by atoms with Crippen LogP contribution in [0.3, 0.4) is 0 Å². The molecule has 0 aliphatic heterocycles. The standard InChI is InChI=1S/C12H24N2O2/c1-4-12(11-13)14(7-9-15-5-2)8-10-16-6-3/h12H,4-10H2,1-3H3. The maximum absolute atomic E-state index is 9.04. The first kappa shape index (κ1) is 15.4. The Bertz CT molecular complexity index is 182. The summed E-state index contributed by atoms with van der Waals surface area (Å²) in [5.41, 5.74) is 0. The molecular formula is C12H24N2O2. The zero-order valence-corrected chi connectivity index (χ0v) is 10.7. The van der Waals surface area contributed by atoms with Crippen LogP contribution < -0.4 is 0 Å². The SMILES string of the molecule is CCOCCN(CCOCC)C(C#N)CC. The van der Waals surface area contributed by atoms with E-state index in [2.05, 4.69) is 11.0 Å². The van der Waals surface area contributed by atoms with E-state index in [-0.39, 0.29) is 6.04 Å². The van der Waals surface area contributed by atoms with Crippen LogP contribution in [0.2, 0.25) is 0 Å². The molecule has 0 fully saturated rings. The maximum atomic E-state index is 9.04. The van der Waals surface area contributed by atoms with Gasteiger partial charge >= 0.3 is 0 Å². The molecule has 0 aliphatic rings. The fourth-order valence-electron chi connectivity index (χ4n) is 1.51. The van der Waals surface area contributed by atoms with Gasteiger partial charge in [-0.05, 0) is 20.3 Å². The summed E-state index contributed by atoms with van der Waals surface area (Å²) in [6.07, 6.45) is 0.842. The highest BCUT2D eigenvalue weighted by atomic mass is 16.5. The van der Waals surface area contributed by atoms with E-state index in [1.165, 1.54) is 0 Å². The summed E-state index contributed by atoms with van der Waals surface area (Å²) in [5.74, 6) is 0. The fourth-order valence-corrected chi connectivity index (χ4v) is 1.51. The lowest BCUT2D eigenvalue weighted by Gasteiger charge is -2.25. The van der Waals surface area contributed by atoms with Crippen molar-refractivity contribution in [3.05, 3.63) is 0 Å². The van der Waals surface area contributed by atoms with Crippen molar-refractivity contribution in [2.24, 2.45) is 0 Å². The zero-order valence-electron chi connectivity index (χ0n) is 10.7. The van der Waals surface area contributed by atoms with Gasteiger partial charge in [0.05, 0.1) is 25.3 Å². The molecule has 0 bridgehead atoms. The van der Waals surface area contributed by atoms with Crippen LogP contribution in [0.5, 0.6) is 0 Å². The van der Waals surface area contributed by atoms with Gasteiger partial charge in [0, 0.05) is 26.3 Å². The summed E-state index contributed by atoms with van der Waals surface area (Å²) < 4.78 is 10.6. The maximum Gasteiger partial charge on any atom is 0.0976 e. The predicted molar refractivity (Wildman–Crippen MR) is 64.3 cm³/mol. The predicted octanol–water partition coefficient (Wildman–Crippen LogP) is 1.66. The second kappa shape index (κ2) is 10.9. The molecular weight excluding hydrogens is 204 g/mol. The van der Waals surface area contributed by atoms with E-state index in [0.717, 1.165) is 32.7 Å². The van der Waals surface area contributed by atoms with Gasteiger partial charge in [0.25, 0.3) is 0 Å².